The van der Waals surface area contributed by atoms with Crippen molar-refractivity contribution in [2.24, 2.45) is 5.92 Å². The highest BCUT2D eigenvalue weighted by Crippen LogP contribution is 2.32. The predicted octanol–water partition coefficient (Wildman–Crippen LogP) is 2.01. The molecule has 1 saturated carbocycles. The van der Waals surface area contributed by atoms with Crippen molar-refractivity contribution in [1.29, 1.82) is 0 Å². The Hall–Kier alpha value is -1.14. The summed E-state index contributed by atoms with van der Waals surface area (Å²) in [4.78, 5) is 17.9. The van der Waals surface area contributed by atoms with Gasteiger partial charge in [-0.25, -0.2) is 9.78 Å². The van der Waals surface area contributed by atoms with Crippen LogP contribution in [0.3, 0.4) is 0 Å². The molecule has 1 aromatic rings. The zero-order valence-corrected chi connectivity index (χ0v) is 12.2. The van der Waals surface area contributed by atoms with E-state index in [1.165, 1.54) is 0 Å². The average molecular weight is 283 g/mol. The molecule has 0 saturated heterocycles. The number of carbonyl (C=O) groups is 1. The fourth-order valence-corrected chi connectivity index (χ4v) is 2.77. The molecule has 1 fully saturated rings. The Morgan fingerprint density at radius 1 is 1.68 bits per heavy atom. The van der Waals surface area contributed by atoms with Gasteiger partial charge in [0, 0.05) is 25.2 Å². The van der Waals surface area contributed by atoms with Crippen LogP contribution in [0.5, 0.6) is 0 Å². The van der Waals surface area contributed by atoms with Crippen LogP contribution in [0.15, 0.2) is 11.6 Å². The first-order chi connectivity index (χ1) is 9.11. The highest BCUT2D eigenvalue weighted by atomic mass is 32.1. The van der Waals surface area contributed by atoms with E-state index in [4.69, 9.17) is 0 Å². The monoisotopic (exact) mass is 283 g/mol. The number of carbonyl (C=O) groups excluding carboxylic acids is 1. The van der Waals surface area contributed by atoms with Crippen molar-refractivity contribution >= 4 is 17.4 Å². The van der Waals surface area contributed by atoms with Gasteiger partial charge in [-0.1, -0.05) is 6.92 Å². The molecule has 0 aliphatic heterocycles. The zero-order chi connectivity index (χ0) is 13.8. The van der Waals surface area contributed by atoms with Crippen molar-refractivity contribution in [3.8, 4) is 0 Å². The van der Waals surface area contributed by atoms with Crippen LogP contribution in [-0.4, -0.2) is 40.7 Å². The van der Waals surface area contributed by atoms with E-state index < -0.39 is 6.10 Å². The molecule has 2 N–H and O–H groups in total. The standard InChI is InChI=1S/C13H21N3O2S/c1-3-10(12-14-6-7-19-12)15-13(18)16(2)8-11(17)9-4-5-9/h6-7,9-11,17H,3-5,8H2,1-2H3,(H,15,18). The Kier molecular flexibility index (Phi) is 4.76. The Labute approximate surface area is 117 Å². The maximum atomic E-state index is 12.1. The summed E-state index contributed by atoms with van der Waals surface area (Å²) in [6, 6.07) is -0.199. The van der Waals surface area contributed by atoms with Gasteiger partial charge in [0.1, 0.15) is 5.01 Å². The minimum atomic E-state index is -0.393. The minimum absolute atomic E-state index is 0.0481. The molecule has 0 bridgehead atoms. The minimum Gasteiger partial charge on any atom is -0.391 e. The third-order valence-electron chi connectivity index (χ3n) is 3.43. The lowest BCUT2D eigenvalue weighted by Gasteiger charge is -2.23. The summed E-state index contributed by atoms with van der Waals surface area (Å²) in [5.41, 5.74) is 0. The normalized spacial score (nSPS) is 17.8. The zero-order valence-electron chi connectivity index (χ0n) is 11.4. The Bertz CT molecular complexity index is 406. The summed E-state index contributed by atoms with van der Waals surface area (Å²) < 4.78 is 0. The first kappa shape index (κ1) is 14.3. The van der Waals surface area contributed by atoms with Crippen molar-refractivity contribution in [2.75, 3.05) is 13.6 Å². The largest absolute Gasteiger partial charge is 0.391 e. The Balaban J connectivity index is 1.84. The molecule has 1 aromatic heterocycles. The van der Waals surface area contributed by atoms with Gasteiger partial charge in [0.15, 0.2) is 0 Å². The summed E-state index contributed by atoms with van der Waals surface area (Å²) >= 11 is 1.54. The lowest BCUT2D eigenvalue weighted by molar-refractivity contribution is 0.112. The number of amides is 2. The van der Waals surface area contributed by atoms with Crippen molar-refractivity contribution in [3.05, 3.63) is 16.6 Å². The summed E-state index contributed by atoms with van der Waals surface area (Å²) in [5, 5.41) is 15.6. The molecule has 106 valence electrons. The van der Waals surface area contributed by atoms with Gasteiger partial charge in [-0.3, -0.25) is 0 Å². The predicted molar refractivity (Wildman–Crippen MR) is 75.0 cm³/mol. The number of urea groups is 1. The van der Waals surface area contributed by atoms with E-state index in [1.807, 2.05) is 12.3 Å². The number of hydrogen-bond donors (Lipinski definition) is 2. The second-order valence-corrected chi connectivity index (χ2v) is 5.99. The smallest absolute Gasteiger partial charge is 0.317 e. The molecular formula is C13H21N3O2S. The van der Waals surface area contributed by atoms with Crippen LogP contribution >= 0.6 is 11.3 Å². The highest BCUT2D eigenvalue weighted by Gasteiger charge is 2.31. The molecule has 19 heavy (non-hydrogen) atoms. The van der Waals surface area contributed by atoms with Gasteiger partial charge in [0.25, 0.3) is 0 Å². The molecular weight excluding hydrogens is 262 g/mol. The summed E-state index contributed by atoms with van der Waals surface area (Å²) in [6.07, 6.45) is 4.31. The number of nitrogens with zero attached hydrogens (tertiary/aromatic N) is 2. The van der Waals surface area contributed by atoms with E-state index >= 15 is 0 Å². The van der Waals surface area contributed by atoms with E-state index in [0.29, 0.717) is 12.5 Å². The van der Waals surface area contributed by atoms with Crippen LogP contribution in [0.1, 0.15) is 37.2 Å². The molecule has 2 atom stereocenters. The first-order valence-electron chi connectivity index (χ1n) is 6.71. The Morgan fingerprint density at radius 3 is 2.95 bits per heavy atom. The molecule has 5 nitrogen and oxygen atoms in total. The lowest BCUT2D eigenvalue weighted by atomic mass is 10.2. The van der Waals surface area contributed by atoms with Crippen LogP contribution in [0.4, 0.5) is 4.79 Å². The molecule has 2 amide bonds. The lowest BCUT2D eigenvalue weighted by Crippen LogP contribution is -2.43. The summed E-state index contributed by atoms with van der Waals surface area (Å²) in [6.45, 7) is 2.41. The third kappa shape index (κ3) is 3.91. The molecule has 0 spiro atoms. The van der Waals surface area contributed by atoms with Crippen LogP contribution in [0, 0.1) is 5.92 Å². The number of aliphatic hydroxyl groups is 1. The SMILES string of the molecule is CCC(NC(=O)N(C)CC(O)C1CC1)c1nccs1. The summed E-state index contributed by atoms with van der Waals surface area (Å²) in [5.74, 6) is 0.385. The van der Waals surface area contributed by atoms with Crippen LogP contribution < -0.4 is 5.32 Å². The highest BCUT2D eigenvalue weighted by molar-refractivity contribution is 7.09. The van der Waals surface area contributed by atoms with E-state index in [2.05, 4.69) is 10.3 Å². The van der Waals surface area contributed by atoms with Crippen molar-refractivity contribution in [3.63, 3.8) is 0 Å². The van der Waals surface area contributed by atoms with Gasteiger partial charge < -0.3 is 15.3 Å². The van der Waals surface area contributed by atoms with Crippen LogP contribution in [0.2, 0.25) is 0 Å². The fourth-order valence-electron chi connectivity index (χ4n) is 2.00. The van der Waals surface area contributed by atoms with Gasteiger partial charge in [-0.05, 0) is 25.2 Å². The second-order valence-electron chi connectivity index (χ2n) is 5.07. The van der Waals surface area contributed by atoms with Gasteiger partial charge in [0.2, 0.25) is 0 Å². The molecule has 0 aromatic carbocycles. The van der Waals surface area contributed by atoms with Crippen molar-refractivity contribution < 1.29 is 9.90 Å². The number of thiazole rings is 1. The topological polar surface area (TPSA) is 65.5 Å². The number of nitrogens with one attached hydrogen (secondary N) is 1. The number of aromatic nitrogens is 1. The second kappa shape index (κ2) is 6.34. The quantitative estimate of drug-likeness (QED) is 0.839. The molecule has 2 rings (SSSR count). The molecule has 0 radical (unpaired) electrons. The average Bonchev–Trinajstić information content (AvgIpc) is 3.12. The van der Waals surface area contributed by atoms with Crippen LogP contribution in [0.25, 0.3) is 0 Å². The van der Waals surface area contributed by atoms with Gasteiger partial charge in [0.05, 0.1) is 12.1 Å². The van der Waals surface area contributed by atoms with Gasteiger partial charge in [-0.15, -0.1) is 11.3 Å². The van der Waals surface area contributed by atoms with Crippen LogP contribution in [-0.2, 0) is 0 Å². The fraction of sp³-hybridized carbons (Fsp3) is 0.692. The van der Waals surface area contributed by atoms with E-state index in [-0.39, 0.29) is 12.1 Å². The number of hydrogen-bond acceptors (Lipinski definition) is 4. The maximum absolute atomic E-state index is 12.1. The molecule has 2 unspecified atom stereocenters. The Morgan fingerprint density at radius 2 is 2.42 bits per heavy atom. The van der Waals surface area contributed by atoms with E-state index in [0.717, 1.165) is 24.3 Å². The summed E-state index contributed by atoms with van der Waals surface area (Å²) in [7, 11) is 1.72. The first-order valence-corrected chi connectivity index (χ1v) is 7.58. The number of rotatable bonds is 6. The molecule has 1 aliphatic rings. The van der Waals surface area contributed by atoms with Gasteiger partial charge in [-0.2, -0.15) is 0 Å². The maximum Gasteiger partial charge on any atom is 0.317 e. The molecule has 1 heterocycles. The van der Waals surface area contributed by atoms with E-state index in [9.17, 15) is 9.90 Å². The van der Waals surface area contributed by atoms with Crippen molar-refractivity contribution in [1.82, 2.24) is 15.2 Å². The molecule has 6 heteroatoms. The number of likely N-dealkylation sites (N-methyl/N-ethyl adjacent to an activating group) is 1. The molecule has 1 aliphatic carbocycles. The third-order valence-corrected chi connectivity index (χ3v) is 4.32. The van der Waals surface area contributed by atoms with Crippen molar-refractivity contribution in [2.45, 2.75) is 38.3 Å². The van der Waals surface area contributed by atoms with Gasteiger partial charge >= 0.3 is 6.03 Å². The van der Waals surface area contributed by atoms with E-state index in [1.54, 1.807) is 29.5 Å². The number of aliphatic hydroxyl groups excluding tert-OH is 1.